The van der Waals surface area contributed by atoms with Crippen LogP contribution in [0.2, 0.25) is 0 Å². The average molecular weight is 316 g/mol. The summed E-state index contributed by atoms with van der Waals surface area (Å²) in [6, 6.07) is 2.43. The molecule has 1 N–H and O–H groups in total. The highest BCUT2D eigenvalue weighted by Gasteiger charge is 2.32. The summed E-state index contributed by atoms with van der Waals surface area (Å²) in [5, 5.41) is 9.20. The molecule has 98 valence electrons. The predicted molar refractivity (Wildman–Crippen MR) is 67.3 cm³/mol. The first kappa shape index (κ1) is 13.1. The standard InChI is InChI=1S/C12H14BrNO4/c13-10-6-5-9(18-10)11(15)14-7-3-1-2-4-8(14)12(16)17/h5-6,8H,1-4,7H2,(H,16,17). The molecule has 1 saturated heterocycles. The number of halogens is 1. The number of likely N-dealkylation sites (tertiary alicyclic amines) is 1. The topological polar surface area (TPSA) is 70.8 Å². The quantitative estimate of drug-likeness (QED) is 0.910. The Morgan fingerprint density at radius 3 is 2.72 bits per heavy atom. The van der Waals surface area contributed by atoms with Crippen molar-refractivity contribution in [1.29, 1.82) is 0 Å². The summed E-state index contributed by atoms with van der Waals surface area (Å²) >= 11 is 3.13. The number of hydrogen-bond donors (Lipinski definition) is 1. The minimum Gasteiger partial charge on any atom is -0.480 e. The van der Waals surface area contributed by atoms with Gasteiger partial charge in [-0.15, -0.1) is 0 Å². The second-order valence-corrected chi connectivity index (χ2v) is 5.09. The number of amides is 1. The van der Waals surface area contributed by atoms with Gasteiger partial charge in [-0.2, -0.15) is 0 Å². The van der Waals surface area contributed by atoms with E-state index in [0.29, 0.717) is 17.6 Å². The number of rotatable bonds is 2. The Morgan fingerprint density at radius 2 is 2.11 bits per heavy atom. The van der Waals surface area contributed by atoms with Crippen molar-refractivity contribution in [2.45, 2.75) is 31.7 Å². The Hall–Kier alpha value is -1.30. The monoisotopic (exact) mass is 315 g/mol. The number of carboxylic acids is 1. The third kappa shape index (κ3) is 2.75. The Labute approximate surface area is 113 Å². The molecule has 0 saturated carbocycles. The van der Waals surface area contributed by atoms with Crippen LogP contribution in [0.5, 0.6) is 0 Å². The largest absolute Gasteiger partial charge is 0.480 e. The van der Waals surface area contributed by atoms with Crippen LogP contribution >= 0.6 is 15.9 Å². The molecule has 0 aliphatic carbocycles. The summed E-state index contributed by atoms with van der Waals surface area (Å²) in [6.45, 7) is 0.466. The minimum absolute atomic E-state index is 0.176. The van der Waals surface area contributed by atoms with Crippen molar-refractivity contribution in [3.8, 4) is 0 Å². The van der Waals surface area contributed by atoms with E-state index in [9.17, 15) is 14.7 Å². The van der Waals surface area contributed by atoms with E-state index >= 15 is 0 Å². The van der Waals surface area contributed by atoms with Gasteiger partial charge in [-0.05, 0) is 40.9 Å². The number of furan rings is 1. The third-order valence-corrected chi connectivity index (χ3v) is 3.51. The van der Waals surface area contributed by atoms with Gasteiger partial charge in [0, 0.05) is 6.54 Å². The zero-order chi connectivity index (χ0) is 13.1. The van der Waals surface area contributed by atoms with Gasteiger partial charge >= 0.3 is 5.97 Å². The molecule has 0 radical (unpaired) electrons. The van der Waals surface area contributed by atoms with E-state index in [0.717, 1.165) is 19.3 Å². The average Bonchev–Trinajstić information content (AvgIpc) is 2.63. The summed E-state index contributed by atoms with van der Waals surface area (Å²) in [5.74, 6) is -1.12. The molecule has 1 aromatic rings. The van der Waals surface area contributed by atoms with Gasteiger partial charge in [-0.1, -0.05) is 12.8 Å². The van der Waals surface area contributed by atoms with Gasteiger partial charge in [0.1, 0.15) is 6.04 Å². The van der Waals surface area contributed by atoms with Gasteiger partial charge < -0.3 is 14.4 Å². The highest BCUT2D eigenvalue weighted by molar-refractivity contribution is 9.10. The molecule has 2 rings (SSSR count). The fraction of sp³-hybridized carbons (Fsp3) is 0.500. The lowest BCUT2D eigenvalue weighted by Crippen LogP contribution is -2.44. The van der Waals surface area contributed by atoms with Crippen LogP contribution in [0, 0.1) is 0 Å². The Kier molecular flexibility index (Phi) is 4.06. The summed E-state index contributed by atoms with van der Waals surface area (Å²) < 4.78 is 5.67. The van der Waals surface area contributed by atoms with Crippen LogP contribution in [0.3, 0.4) is 0 Å². The maximum absolute atomic E-state index is 12.2. The number of carbonyl (C=O) groups is 2. The van der Waals surface area contributed by atoms with Crippen molar-refractivity contribution in [3.63, 3.8) is 0 Å². The van der Waals surface area contributed by atoms with Crippen molar-refractivity contribution >= 4 is 27.8 Å². The molecule has 18 heavy (non-hydrogen) atoms. The predicted octanol–water partition coefficient (Wildman–Crippen LogP) is 2.51. The third-order valence-electron chi connectivity index (χ3n) is 3.08. The zero-order valence-corrected chi connectivity index (χ0v) is 11.4. The molecule has 0 spiro atoms. The first-order chi connectivity index (χ1) is 8.59. The van der Waals surface area contributed by atoms with Crippen LogP contribution in [-0.2, 0) is 4.79 Å². The van der Waals surface area contributed by atoms with E-state index in [1.165, 1.54) is 4.90 Å². The van der Waals surface area contributed by atoms with Crippen molar-refractivity contribution in [2.24, 2.45) is 0 Å². The number of nitrogens with zero attached hydrogens (tertiary/aromatic N) is 1. The maximum Gasteiger partial charge on any atom is 0.326 e. The Morgan fingerprint density at radius 1 is 1.33 bits per heavy atom. The second-order valence-electron chi connectivity index (χ2n) is 4.31. The summed E-state index contributed by atoms with van der Waals surface area (Å²) in [6.07, 6.45) is 3.12. The van der Waals surface area contributed by atoms with Crippen LogP contribution in [-0.4, -0.2) is 34.5 Å². The number of aliphatic carboxylic acids is 1. The number of carboxylic acid groups (broad SMARTS) is 1. The molecule has 5 nitrogen and oxygen atoms in total. The van der Waals surface area contributed by atoms with Crippen molar-refractivity contribution in [2.75, 3.05) is 6.54 Å². The summed E-state index contributed by atoms with van der Waals surface area (Å²) in [7, 11) is 0. The van der Waals surface area contributed by atoms with Crippen LogP contribution in [0.15, 0.2) is 21.2 Å². The van der Waals surface area contributed by atoms with Gasteiger partial charge in [-0.25, -0.2) is 4.79 Å². The lowest BCUT2D eigenvalue weighted by Gasteiger charge is -2.25. The molecule has 1 aliphatic rings. The van der Waals surface area contributed by atoms with Crippen LogP contribution in [0.25, 0.3) is 0 Å². The van der Waals surface area contributed by atoms with Crippen molar-refractivity contribution < 1.29 is 19.1 Å². The highest BCUT2D eigenvalue weighted by Crippen LogP contribution is 2.22. The first-order valence-electron chi connectivity index (χ1n) is 5.88. The smallest absolute Gasteiger partial charge is 0.326 e. The molecule has 1 aliphatic heterocycles. The van der Waals surface area contributed by atoms with Gasteiger partial charge in [0.05, 0.1) is 0 Å². The van der Waals surface area contributed by atoms with E-state index < -0.39 is 12.0 Å². The van der Waals surface area contributed by atoms with E-state index in [-0.39, 0.29) is 11.7 Å². The van der Waals surface area contributed by atoms with E-state index in [4.69, 9.17) is 4.42 Å². The lowest BCUT2D eigenvalue weighted by atomic mass is 10.1. The van der Waals surface area contributed by atoms with Gasteiger partial charge in [0.15, 0.2) is 10.4 Å². The van der Waals surface area contributed by atoms with Crippen LogP contribution < -0.4 is 0 Å². The van der Waals surface area contributed by atoms with Gasteiger partial charge in [0.25, 0.3) is 5.91 Å². The maximum atomic E-state index is 12.2. The minimum atomic E-state index is -0.948. The molecular weight excluding hydrogens is 302 g/mol. The van der Waals surface area contributed by atoms with Crippen molar-refractivity contribution in [3.05, 3.63) is 22.6 Å². The fourth-order valence-electron chi connectivity index (χ4n) is 2.18. The van der Waals surface area contributed by atoms with Crippen LogP contribution in [0.1, 0.15) is 36.2 Å². The normalized spacial score (nSPS) is 20.5. The molecule has 0 bridgehead atoms. The van der Waals surface area contributed by atoms with Crippen molar-refractivity contribution in [1.82, 2.24) is 4.90 Å². The molecule has 6 heteroatoms. The highest BCUT2D eigenvalue weighted by atomic mass is 79.9. The van der Waals surface area contributed by atoms with Gasteiger partial charge in [-0.3, -0.25) is 4.79 Å². The summed E-state index contributed by atoms with van der Waals surface area (Å²) in [5.41, 5.74) is 0. The number of hydrogen-bond acceptors (Lipinski definition) is 3. The molecule has 0 aromatic carbocycles. The lowest BCUT2D eigenvalue weighted by molar-refractivity contribution is -0.142. The van der Waals surface area contributed by atoms with E-state index in [1.54, 1.807) is 12.1 Å². The molecule has 2 heterocycles. The molecule has 1 amide bonds. The zero-order valence-electron chi connectivity index (χ0n) is 9.76. The van der Waals surface area contributed by atoms with Crippen LogP contribution in [0.4, 0.5) is 0 Å². The summed E-state index contributed by atoms with van der Waals surface area (Å²) in [4.78, 5) is 24.9. The number of carbonyl (C=O) groups excluding carboxylic acids is 1. The van der Waals surface area contributed by atoms with E-state index in [1.807, 2.05) is 0 Å². The molecule has 1 aromatic heterocycles. The molecule has 1 atom stereocenters. The van der Waals surface area contributed by atoms with Gasteiger partial charge in [0.2, 0.25) is 0 Å². The van der Waals surface area contributed by atoms with E-state index in [2.05, 4.69) is 15.9 Å². The Balaban J connectivity index is 2.22. The molecule has 1 fully saturated rings. The fourth-order valence-corrected chi connectivity index (χ4v) is 2.49. The molecule has 1 unspecified atom stereocenters. The second kappa shape index (κ2) is 5.56. The molecular formula is C12H14BrNO4. The first-order valence-corrected chi connectivity index (χ1v) is 6.68. The SMILES string of the molecule is O=C(O)C1CCCCCN1C(=O)c1ccc(Br)o1. The Bertz CT molecular complexity index is 457.